The number of thiazole rings is 1. The molecule has 0 saturated carbocycles. The van der Waals surface area contributed by atoms with Crippen molar-refractivity contribution >= 4 is 32.9 Å². The van der Waals surface area contributed by atoms with Gasteiger partial charge in [-0.3, -0.25) is 4.90 Å². The van der Waals surface area contributed by atoms with Crippen LogP contribution in [0.25, 0.3) is 20.9 Å². The molecule has 4 heterocycles. The monoisotopic (exact) mass is 382 g/mol. The minimum absolute atomic E-state index is 0.563. The third-order valence-corrected chi connectivity index (χ3v) is 6.88. The van der Waals surface area contributed by atoms with Gasteiger partial charge in [-0.15, -0.1) is 22.7 Å². The molecule has 1 aromatic carbocycles. The van der Waals surface area contributed by atoms with E-state index < -0.39 is 0 Å². The van der Waals surface area contributed by atoms with E-state index in [1.807, 2.05) is 28.8 Å². The van der Waals surface area contributed by atoms with Gasteiger partial charge in [0.1, 0.15) is 0 Å². The molecule has 0 bridgehead atoms. The normalized spacial score (nSPS) is 16.5. The van der Waals surface area contributed by atoms with Gasteiger partial charge >= 0.3 is 0 Å². The first kappa shape index (κ1) is 16.1. The molecule has 26 heavy (non-hydrogen) atoms. The van der Waals surface area contributed by atoms with Crippen LogP contribution in [0.15, 0.2) is 46.3 Å². The van der Waals surface area contributed by atoms with Crippen LogP contribution in [0, 0.1) is 0 Å². The Morgan fingerprint density at radius 3 is 2.77 bits per heavy atom. The van der Waals surface area contributed by atoms with Crippen LogP contribution in [0.4, 0.5) is 0 Å². The summed E-state index contributed by atoms with van der Waals surface area (Å²) in [5.41, 5.74) is 1.13. The van der Waals surface area contributed by atoms with Crippen LogP contribution < -0.4 is 0 Å². The molecule has 0 aliphatic carbocycles. The fourth-order valence-corrected chi connectivity index (χ4v) is 5.20. The summed E-state index contributed by atoms with van der Waals surface area (Å²) in [4.78, 5) is 12.8. The second kappa shape index (κ2) is 6.90. The van der Waals surface area contributed by atoms with E-state index in [2.05, 4.69) is 39.3 Å². The number of thiophene rings is 1. The molecule has 4 aromatic rings. The fraction of sp³-hybridized carbons (Fsp3) is 0.316. The number of benzene rings is 1. The molecule has 1 aliphatic rings. The zero-order valence-electron chi connectivity index (χ0n) is 14.2. The lowest BCUT2D eigenvalue weighted by Crippen LogP contribution is -2.32. The van der Waals surface area contributed by atoms with E-state index in [1.165, 1.54) is 9.71 Å². The van der Waals surface area contributed by atoms with Crippen LogP contribution in [-0.2, 0) is 6.54 Å². The maximum atomic E-state index is 5.44. The molecule has 0 amide bonds. The van der Waals surface area contributed by atoms with Gasteiger partial charge in [0.15, 0.2) is 0 Å². The first-order valence-electron chi connectivity index (χ1n) is 8.79. The van der Waals surface area contributed by atoms with Crippen LogP contribution >= 0.6 is 22.7 Å². The third-order valence-electron chi connectivity index (χ3n) is 4.82. The molecule has 5 rings (SSSR count). The zero-order valence-corrected chi connectivity index (χ0v) is 15.8. The first-order valence-corrected chi connectivity index (χ1v) is 10.5. The third kappa shape index (κ3) is 3.18. The predicted octanol–water partition coefficient (Wildman–Crippen LogP) is 4.79. The Morgan fingerprint density at radius 2 is 1.96 bits per heavy atom. The summed E-state index contributed by atoms with van der Waals surface area (Å²) in [6.07, 6.45) is 2.26. The van der Waals surface area contributed by atoms with Gasteiger partial charge in [0.2, 0.25) is 11.7 Å². The van der Waals surface area contributed by atoms with Gasteiger partial charge in [-0.25, -0.2) is 4.98 Å². The van der Waals surface area contributed by atoms with Crippen molar-refractivity contribution in [3.05, 3.63) is 52.7 Å². The van der Waals surface area contributed by atoms with Crippen LogP contribution in [0.3, 0.4) is 0 Å². The lowest BCUT2D eigenvalue weighted by molar-refractivity contribution is 0.181. The quantitative estimate of drug-likeness (QED) is 0.508. The molecule has 132 valence electrons. The Labute approximate surface area is 159 Å². The van der Waals surface area contributed by atoms with Gasteiger partial charge in [0, 0.05) is 5.92 Å². The van der Waals surface area contributed by atoms with Gasteiger partial charge in [-0.2, -0.15) is 4.98 Å². The predicted molar refractivity (Wildman–Crippen MR) is 104 cm³/mol. The van der Waals surface area contributed by atoms with E-state index in [4.69, 9.17) is 9.51 Å². The number of likely N-dealkylation sites (tertiary alicyclic amines) is 1. The standard InChI is InChI=1S/C19H18N4OS2/c1-2-5-15-14(4-1)20-19(26-15)13-7-9-23(10-8-13)12-17-21-18(22-24-17)16-6-3-11-25-16/h1-6,11,13H,7-10,12H2. The molecule has 1 saturated heterocycles. The van der Waals surface area contributed by atoms with Gasteiger partial charge in [0.05, 0.1) is 26.6 Å². The number of fused-ring (bicyclic) bond motifs is 1. The second-order valence-corrected chi connectivity index (χ2v) is 8.57. The van der Waals surface area contributed by atoms with E-state index in [9.17, 15) is 0 Å². The lowest BCUT2D eigenvalue weighted by atomic mass is 9.97. The van der Waals surface area contributed by atoms with E-state index in [0.717, 1.165) is 42.9 Å². The molecule has 1 fully saturated rings. The largest absolute Gasteiger partial charge is 0.338 e. The fourth-order valence-electron chi connectivity index (χ4n) is 3.42. The van der Waals surface area contributed by atoms with Crippen molar-refractivity contribution in [3.63, 3.8) is 0 Å². The van der Waals surface area contributed by atoms with Crippen LogP contribution in [0.5, 0.6) is 0 Å². The average Bonchev–Trinajstić information content (AvgIpc) is 3.42. The van der Waals surface area contributed by atoms with E-state index >= 15 is 0 Å². The maximum Gasteiger partial charge on any atom is 0.241 e. The number of hydrogen-bond acceptors (Lipinski definition) is 7. The Morgan fingerprint density at radius 1 is 1.08 bits per heavy atom. The molecule has 7 heteroatoms. The lowest BCUT2D eigenvalue weighted by Gasteiger charge is -2.29. The van der Waals surface area contributed by atoms with Gasteiger partial charge in [-0.05, 0) is 49.5 Å². The van der Waals surface area contributed by atoms with Crippen molar-refractivity contribution in [1.29, 1.82) is 0 Å². The Hall–Kier alpha value is -2.09. The summed E-state index contributed by atoms with van der Waals surface area (Å²) in [5.74, 6) is 1.96. The summed E-state index contributed by atoms with van der Waals surface area (Å²) < 4.78 is 6.72. The molecule has 0 radical (unpaired) electrons. The van der Waals surface area contributed by atoms with Crippen molar-refractivity contribution in [1.82, 2.24) is 20.0 Å². The van der Waals surface area contributed by atoms with Gasteiger partial charge in [0.25, 0.3) is 0 Å². The minimum atomic E-state index is 0.563. The van der Waals surface area contributed by atoms with Crippen molar-refractivity contribution in [2.24, 2.45) is 0 Å². The SMILES string of the molecule is c1csc(-c2noc(CN3CCC(c4nc5ccccc5s4)CC3)n2)c1. The number of rotatable bonds is 4. The summed E-state index contributed by atoms with van der Waals surface area (Å²) >= 11 is 3.47. The van der Waals surface area contributed by atoms with Gasteiger partial charge < -0.3 is 4.52 Å². The number of aromatic nitrogens is 3. The maximum absolute atomic E-state index is 5.44. The van der Waals surface area contributed by atoms with E-state index in [1.54, 1.807) is 11.3 Å². The Bertz CT molecular complexity index is 967. The topological polar surface area (TPSA) is 55.1 Å². The van der Waals surface area contributed by atoms with E-state index in [-0.39, 0.29) is 0 Å². The van der Waals surface area contributed by atoms with Crippen LogP contribution in [0.2, 0.25) is 0 Å². The summed E-state index contributed by atoms with van der Waals surface area (Å²) in [7, 11) is 0. The second-order valence-electron chi connectivity index (χ2n) is 6.56. The highest BCUT2D eigenvalue weighted by Crippen LogP contribution is 2.34. The first-order chi connectivity index (χ1) is 12.8. The highest BCUT2D eigenvalue weighted by atomic mass is 32.1. The van der Waals surface area contributed by atoms with Crippen LogP contribution in [-0.4, -0.2) is 33.1 Å². The molecule has 1 aliphatic heterocycles. The molecule has 0 spiro atoms. The molecular weight excluding hydrogens is 364 g/mol. The molecule has 0 N–H and O–H groups in total. The number of para-hydroxylation sites is 1. The van der Waals surface area contributed by atoms with Crippen molar-refractivity contribution in [2.75, 3.05) is 13.1 Å². The smallest absolute Gasteiger partial charge is 0.241 e. The molecule has 0 atom stereocenters. The molecular formula is C19H18N4OS2. The molecule has 0 unspecified atom stereocenters. The summed E-state index contributed by atoms with van der Waals surface area (Å²) in [5, 5.41) is 7.41. The molecule has 5 nitrogen and oxygen atoms in total. The highest BCUT2D eigenvalue weighted by Gasteiger charge is 2.24. The Kier molecular flexibility index (Phi) is 4.28. The van der Waals surface area contributed by atoms with E-state index in [0.29, 0.717) is 17.6 Å². The number of nitrogens with zero attached hydrogens (tertiary/aromatic N) is 4. The highest BCUT2D eigenvalue weighted by molar-refractivity contribution is 7.18. The number of hydrogen-bond donors (Lipinski definition) is 0. The summed E-state index contributed by atoms with van der Waals surface area (Å²) in [6.45, 7) is 2.81. The Balaban J connectivity index is 1.22. The zero-order chi connectivity index (χ0) is 17.3. The number of piperidine rings is 1. The molecule has 3 aromatic heterocycles. The summed E-state index contributed by atoms with van der Waals surface area (Å²) in [6, 6.07) is 12.4. The van der Waals surface area contributed by atoms with Crippen molar-refractivity contribution in [3.8, 4) is 10.7 Å². The van der Waals surface area contributed by atoms with Crippen molar-refractivity contribution in [2.45, 2.75) is 25.3 Å². The van der Waals surface area contributed by atoms with Crippen LogP contribution in [0.1, 0.15) is 29.7 Å². The van der Waals surface area contributed by atoms with Crippen molar-refractivity contribution < 1.29 is 4.52 Å². The average molecular weight is 383 g/mol. The minimum Gasteiger partial charge on any atom is -0.338 e. The van der Waals surface area contributed by atoms with Gasteiger partial charge in [-0.1, -0.05) is 23.4 Å².